The molecule has 0 aromatic heterocycles. The summed E-state index contributed by atoms with van der Waals surface area (Å²) in [6.07, 6.45) is 5.41. The largest absolute Gasteiger partial charge is 0.481 e. The first-order valence-corrected chi connectivity index (χ1v) is 6.60. The van der Waals surface area contributed by atoms with Crippen molar-refractivity contribution in [1.29, 1.82) is 0 Å². The van der Waals surface area contributed by atoms with Crippen molar-refractivity contribution in [3.63, 3.8) is 0 Å². The number of nitrogens with one attached hydrogen (secondary N) is 1. The van der Waals surface area contributed by atoms with E-state index in [-0.39, 0.29) is 24.3 Å². The Morgan fingerprint density at radius 3 is 2.18 bits per heavy atom. The second kappa shape index (κ2) is 5.07. The Morgan fingerprint density at radius 1 is 1.24 bits per heavy atom. The van der Waals surface area contributed by atoms with E-state index in [0.717, 1.165) is 0 Å². The molecule has 0 heterocycles. The zero-order valence-electron chi connectivity index (χ0n) is 10.3. The quantitative estimate of drug-likeness (QED) is 0.711. The number of carboxylic acid groups (broad SMARTS) is 1. The van der Waals surface area contributed by atoms with Crippen LogP contribution < -0.4 is 5.32 Å². The molecule has 2 fully saturated rings. The first kappa shape index (κ1) is 12.4. The summed E-state index contributed by atoms with van der Waals surface area (Å²) in [5, 5.41) is 11.6. The van der Waals surface area contributed by atoms with Gasteiger partial charge >= 0.3 is 5.97 Å². The first-order chi connectivity index (χ1) is 8.08. The molecule has 4 nitrogen and oxygen atoms in total. The number of hydrogen-bond acceptors (Lipinski definition) is 2. The fourth-order valence-electron chi connectivity index (χ4n) is 2.47. The Kier molecular flexibility index (Phi) is 3.69. The molecule has 1 atom stereocenters. The molecule has 4 heteroatoms. The fourth-order valence-corrected chi connectivity index (χ4v) is 2.47. The minimum atomic E-state index is -0.799. The van der Waals surface area contributed by atoms with Crippen LogP contribution >= 0.6 is 0 Å². The van der Waals surface area contributed by atoms with E-state index in [1.807, 2.05) is 6.92 Å². The third-order valence-corrected chi connectivity index (χ3v) is 3.74. The predicted molar refractivity (Wildman–Crippen MR) is 63.4 cm³/mol. The number of hydrogen-bond donors (Lipinski definition) is 2. The molecule has 96 valence electrons. The normalized spacial score (nSPS) is 21.3. The Labute approximate surface area is 102 Å². The number of carbonyl (C=O) groups excluding carboxylic acids is 1. The third kappa shape index (κ3) is 3.72. The summed E-state index contributed by atoms with van der Waals surface area (Å²) in [6.45, 7) is 1.89. The van der Waals surface area contributed by atoms with Crippen molar-refractivity contribution in [1.82, 2.24) is 5.32 Å². The topological polar surface area (TPSA) is 66.4 Å². The summed E-state index contributed by atoms with van der Waals surface area (Å²) >= 11 is 0. The minimum absolute atomic E-state index is 0.0291. The van der Waals surface area contributed by atoms with E-state index in [9.17, 15) is 9.59 Å². The van der Waals surface area contributed by atoms with E-state index in [4.69, 9.17) is 5.11 Å². The SMILES string of the molecule is CC(CCC(=O)O)NC(=O)C(C1CC1)C1CC1. The molecule has 2 saturated carbocycles. The highest BCUT2D eigenvalue weighted by molar-refractivity contribution is 5.80. The molecule has 0 bridgehead atoms. The highest BCUT2D eigenvalue weighted by atomic mass is 16.4. The maximum absolute atomic E-state index is 12.1. The van der Waals surface area contributed by atoms with Gasteiger partial charge in [0.25, 0.3) is 0 Å². The van der Waals surface area contributed by atoms with Gasteiger partial charge in [-0.2, -0.15) is 0 Å². The fraction of sp³-hybridized carbons (Fsp3) is 0.846. The highest BCUT2D eigenvalue weighted by Gasteiger charge is 2.45. The zero-order valence-corrected chi connectivity index (χ0v) is 10.3. The van der Waals surface area contributed by atoms with E-state index >= 15 is 0 Å². The standard InChI is InChI=1S/C13H21NO3/c1-8(2-7-11(15)16)14-13(17)12(9-3-4-9)10-5-6-10/h8-10,12H,2-7H2,1H3,(H,14,17)(H,15,16). The van der Waals surface area contributed by atoms with Crippen molar-refractivity contribution in [3.8, 4) is 0 Å². The summed E-state index contributed by atoms with van der Waals surface area (Å²) in [5.41, 5.74) is 0. The number of carbonyl (C=O) groups is 2. The van der Waals surface area contributed by atoms with Gasteiger partial charge in [0.05, 0.1) is 0 Å². The van der Waals surface area contributed by atoms with Crippen LogP contribution in [0.5, 0.6) is 0 Å². The van der Waals surface area contributed by atoms with Crippen molar-refractivity contribution in [2.45, 2.75) is 51.5 Å². The second-order valence-electron chi connectivity index (χ2n) is 5.54. The molecular formula is C13H21NO3. The van der Waals surface area contributed by atoms with Crippen LogP contribution in [-0.4, -0.2) is 23.0 Å². The minimum Gasteiger partial charge on any atom is -0.481 e. The van der Waals surface area contributed by atoms with Crippen LogP contribution in [0.1, 0.15) is 45.4 Å². The van der Waals surface area contributed by atoms with E-state index in [1.54, 1.807) is 0 Å². The number of aliphatic carboxylic acids is 1. The van der Waals surface area contributed by atoms with Crippen molar-refractivity contribution >= 4 is 11.9 Å². The summed E-state index contributed by atoms with van der Waals surface area (Å²) in [6, 6.07) is -0.0291. The van der Waals surface area contributed by atoms with Crippen LogP contribution in [-0.2, 0) is 9.59 Å². The lowest BCUT2D eigenvalue weighted by molar-refractivity contribution is -0.137. The van der Waals surface area contributed by atoms with Gasteiger partial charge in [-0.1, -0.05) is 0 Å². The molecule has 2 rings (SSSR count). The molecule has 0 radical (unpaired) electrons. The summed E-state index contributed by atoms with van der Waals surface area (Å²) in [7, 11) is 0. The Bertz CT molecular complexity index is 296. The average molecular weight is 239 g/mol. The summed E-state index contributed by atoms with van der Waals surface area (Å²) in [4.78, 5) is 22.5. The van der Waals surface area contributed by atoms with Crippen molar-refractivity contribution in [2.24, 2.45) is 17.8 Å². The molecule has 1 amide bonds. The van der Waals surface area contributed by atoms with Crippen LogP contribution in [0.2, 0.25) is 0 Å². The van der Waals surface area contributed by atoms with E-state index in [0.29, 0.717) is 18.3 Å². The lowest BCUT2D eigenvalue weighted by Gasteiger charge is -2.19. The van der Waals surface area contributed by atoms with Crippen molar-refractivity contribution in [2.75, 3.05) is 0 Å². The summed E-state index contributed by atoms with van der Waals surface area (Å²) < 4.78 is 0. The van der Waals surface area contributed by atoms with Gasteiger partial charge in [0.1, 0.15) is 0 Å². The van der Waals surface area contributed by atoms with Crippen LogP contribution in [0, 0.1) is 17.8 Å². The molecule has 0 aromatic carbocycles. The van der Waals surface area contributed by atoms with Crippen LogP contribution in [0.4, 0.5) is 0 Å². The Morgan fingerprint density at radius 2 is 1.76 bits per heavy atom. The third-order valence-electron chi connectivity index (χ3n) is 3.74. The molecule has 0 aromatic rings. The molecule has 1 unspecified atom stereocenters. The molecule has 2 aliphatic rings. The van der Waals surface area contributed by atoms with Crippen LogP contribution in [0.3, 0.4) is 0 Å². The van der Waals surface area contributed by atoms with Gasteiger partial charge in [0.15, 0.2) is 0 Å². The number of amides is 1. The number of carboxylic acids is 1. The molecule has 2 aliphatic carbocycles. The van der Waals surface area contributed by atoms with Gasteiger partial charge in [-0.05, 0) is 50.9 Å². The summed E-state index contributed by atoms with van der Waals surface area (Å²) in [5.74, 6) is 0.783. The Hall–Kier alpha value is -1.06. The van der Waals surface area contributed by atoms with Gasteiger partial charge in [-0.25, -0.2) is 0 Å². The monoisotopic (exact) mass is 239 g/mol. The smallest absolute Gasteiger partial charge is 0.303 e. The molecule has 17 heavy (non-hydrogen) atoms. The van der Waals surface area contributed by atoms with Crippen molar-refractivity contribution in [3.05, 3.63) is 0 Å². The van der Waals surface area contributed by atoms with Gasteiger partial charge < -0.3 is 10.4 Å². The van der Waals surface area contributed by atoms with Crippen molar-refractivity contribution < 1.29 is 14.7 Å². The van der Waals surface area contributed by atoms with E-state index < -0.39 is 5.97 Å². The van der Waals surface area contributed by atoms with Crippen LogP contribution in [0.25, 0.3) is 0 Å². The average Bonchev–Trinajstić information content (AvgIpc) is 3.08. The lowest BCUT2D eigenvalue weighted by Crippen LogP contribution is -2.39. The predicted octanol–water partition coefficient (Wildman–Crippen LogP) is 1.79. The van der Waals surface area contributed by atoms with Gasteiger partial charge in [-0.15, -0.1) is 0 Å². The van der Waals surface area contributed by atoms with Gasteiger partial charge in [0, 0.05) is 18.4 Å². The van der Waals surface area contributed by atoms with E-state index in [2.05, 4.69) is 5.32 Å². The molecule has 2 N–H and O–H groups in total. The Balaban J connectivity index is 1.76. The lowest BCUT2D eigenvalue weighted by atomic mass is 9.96. The molecule has 0 spiro atoms. The van der Waals surface area contributed by atoms with E-state index in [1.165, 1.54) is 25.7 Å². The van der Waals surface area contributed by atoms with Gasteiger partial charge in [0.2, 0.25) is 5.91 Å². The maximum atomic E-state index is 12.1. The van der Waals surface area contributed by atoms with Crippen LogP contribution in [0.15, 0.2) is 0 Å². The molecular weight excluding hydrogens is 218 g/mol. The zero-order chi connectivity index (χ0) is 12.4. The highest BCUT2D eigenvalue weighted by Crippen LogP contribution is 2.49. The second-order valence-corrected chi connectivity index (χ2v) is 5.54. The molecule has 0 aliphatic heterocycles. The first-order valence-electron chi connectivity index (χ1n) is 6.60. The molecule has 0 saturated heterocycles. The van der Waals surface area contributed by atoms with Gasteiger partial charge in [-0.3, -0.25) is 9.59 Å². The number of rotatable bonds is 7. The maximum Gasteiger partial charge on any atom is 0.303 e.